The van der Waals surface area contributed by atoms with Crippen LogP contribution in [0.5, 0.6) is 0 Å². The van der Waals surface area contributed by atoms with Gasteiger partial charge in [-0.3, -0.25) is 0 Å². The predicted octanol–water partition coefficient (Wildman–Crippen LogP) is 3.17. The van der Waals surface area contributed by atoms with Gasteiger partial charge in [-0.25, -0.2) is 0 Å². The fourth-order valence-electron chi connectivity index (χ4n) is 1.01. The molecule has 0 aliphatic carbocycles. The lowest BCUT2D eigenvalue weighted by molar-refractivity contribution is -0.176. The zero-order valence-corrected chi connectivity index (χ0v) is 8.57. The summed E-state index contributed by atoms with van der Waals surface area (Å²) >= 11 is 0. The maximum atomic E-state index is 11.8. The first-order valence-electron chi connectivity index (χ1n) is 3.92. The van der Waals surface area contributed by atoms with Crippen molar-refractivity contribution >= 4 is 8.25 Å². The van der Waals surface area contributed by atoms with Gasteiger partial charge in [0, 0.05) is 23.3 Å². The zero-order chi connectivity index (χ0) is 13.0. The minimum atomic E-state index is -4.78. The SMILES string of the molecule is O=[P+](O)OCC(CC(F)(F)F)CC(F)(F)F. The van der Waals surface area contributed by atoms with Gasteiger partial charge in [-0.15, -0.1) is 9.42 Å². The third kappa shape index (κ3) is 10.1. The second-order valence-electron chi connectivity index (χ2n) is 3.04. The molecule has 1 N–H and O–H groups in total. The summed E-state index contributed by atoms with van der Waals surface area (Å²) in [5, 5.41) is 0. The Morgan fingerprint density at radius 3 is 1.69 bits per heavy atom. The summed E-state index contributed by atoms with van der Waals surface area (Å²) < 4.78 is 84.9. The molecule has 0 rings (SSSR count). The quantitative estimate of drug-likeness (QED) is 0.618. The van der Waals surface area contributed by atoms with Crippen LogP contribution in [0.15, 0.2) is 0 Å². The Hall–Kier alpha value is -0.400. The van der Waals surface area contributed by atoms with Gasteiger partial charge in [0.1, 0.15) is 6.61 Å². The maximum Gasteiger partial charge on any atom is 0.694 e. The van der Waals surface area contributed by atoms with Crippen molar-refractivity contribution in [3.8, 4) is 0 Å². The zero-order valence-electron chi connectivity index (χ0n) is 7.68. The molecule has 0 aromatic carbocycles. The summed E-state index contributed by atoms with van der Waals surface area (Å²) in [6, 6.07) is 0. The minimum Gasteiger partial charge on any atom is -0.171 e. The lowest BCUT2D eigenvalue weighted by atomic mass is 10.0. The Labute approximate surface area is 87.3 Å². The van der Waals surface area contributed by atoms with Crippen LogP contribution in [0.1, 0.15) is 12.8 Å². The minimum absolute atomic E-state index is 1.06. The molecule has 1 atom stereocenters. The van der Waals surface area contributed by atoms with Crippen molar-refractivity contribution in [3.05, 3.63) is 0 Å². The molecule has 0 saturated carbocycles. The van der Waals surface area contributed by atoms with Crippen LogP contribution in [0, 0.1) is 5.92 Å². The number of halogens is 6. The van der Waals surface area contributed by atoms with Crippen LogP contribution < -0.4 is 0 Å². The second kappa shape index (κ2) is 5.79. The maximum absolute atomic E-state index is 11.8. The lowest BCUT2D eigenvalue weighted by Gasteiger charge is -2.17. The average molecular weight is 273 g/mol. The third-order valence-electron chi connectivity index (χ3n) is 1.46. The molecule has 0 aromatic rings. The molecule has 0 aliphatic heterocycles. The first-order valence-corrected chi connectivity index (χ1v) is 5.05. The van der Waals surface area contributed by atoms with Gasteiger partial charge in [0.15, 0.2) is 0 Å². The Kier molecular flexibility index (Phi) is 5.64. The van der Waals surface area contributed by atoms with Gasteiger partial charge >= 0.3 is 20.6 Å². The highest BCUT2D eigenvalue weighted by atomic mass is 31.1. The van der Waals surface area contributed by atoms with E-state index in [4.69, 9.17) is 4.89 Å². The van der Waals surface area contributed by atoms with Crippen molar-refractivity contribution in [2.24, 2.45) is 5.92 Å². The van der Waals surface area contributed by atoms with Crippen molar-refractivity contribution in [1.29, 1.82) is 0 Å². The van der Waals surface area contributed by atoms with Crippen LogP contribution in [0.4, 0.5) is 26.3 Å². The third-order valence-corrected chi connectivity index (χ3v) is 1.83. The molecule has 0 aliphatic rings. The highest BCUT2D eigenvalue weighted by Crippen LogP contribution is 2.34. The van der Waals surface area contributed by atoms with Crippen LogP contribution >= 0.6 is 8.25 Å². The summed E-state index contributed by atoms with van der Waals surface area (Å²) in [6.45, 7) is -1.06. The topological polar surface area (TPSA) is 46.5 Å². The molecule has 0 spiro atoms. The summed E-state index contributed by atoms with van der Waals surface area (Å²) in [6.07, 6.45) is -13.0. The van der Waals surface area contributed by atoms with E-state index in [-0.39, 0.29) is 0 Å². The lowest BCUT2D eigenvalue weighted by Crippen LogP contribution is -2.24. The molecule has 0 aromatic heterocycles. The van der Waals surface area contributed by atoms with E-state index in [9.17, 15) is 30.9 Å². The number of rotatable bonds is 5. The molecule has 0 saturated heterocycles. The fraction of sp³-hybridized carbons (Fsp3) is 1.00. The van der Waals surface area contributed by atoms with E-state index in [0.717, 1.165) is 0 Å². The summed E-state index contributed by atoms with van der Waals surface area (Å²) in [7, 11) is -3.20. The first-order chi connectivity index (χ1) is 6.99. The van der Waals surface area contributed by atoms with E-state index in [2.05, 4.69) is 4.52 Å². The Bertz CT molecular complexity index is 221. The molecule has 16 heavy (non-hydrogen) atoms. The van der Waals surface area contributed by atoms with Crippen molar-refractivity contribution in [2.75, 3.05) is 6.61 Å². The Balaban J connectivity index is 4.33. The average Bonchev–Trinajstić information content (AvgIpc) is 1.93. The van der Waals surface area contributed by atoms with Crippen LogP contribution in [-0.2, 0) is 9.09 Å². The number of alkyl halides is 6. The van der Waals surface area contributed by atoms with E-state index in [1.165, 1.54) is 0 Å². The van der Waals surface area contributed by atoms with E-state index in [1.54, 1.807) is 0 Å². The molecule has 10 heteroatoms. The number of hydrogen-bond donors (Lipinski definition) is 1. The molecule has 0 heterocycles. The van der Waals surface area contributed by atoms with Crippen LogP contribution in [-0.4, -0.2) is 23.9 Å². The summed E-state index contributed by atoms with van der Waals surface area (Å²) in [4.78, 5) is 8.12. The smallest absolute Gasteiger partial charge is 0.171 e. The van der Waals surface area contributed by atoms with Crippen molar-refractivity contribution < 1.29 is 40.3 Å². The molecule has 1 unspecified atom stereocenters. The molecular formula is C6H8F6O3P+. The van der Waals surface area contributed by atoms with E-state index in [0.29, 0.717) is 0 Å². The molecule has 0 amide bonds. The fourth-order valence-corrected chi connectivity index (χ4v) is 1.35. The molecule has 0 bridgehead atoms. The van der Waals surface area contributed by atoms with Crippen LogP contribution in [0.3, 0.4) is 0 Å². The molecule has 3 nitrogen and oxygen atoms in total. The van der Waals surface area contributed by atoms with Crippen LogP contribution in [0.2, 0.25) is 0 Å². The molecule has 0 radical (unpaired) electrons. The summed E-state index contributed by atoms with van der Waals surface area (Å²) in [5.74, 6) is -1.91. The van der Waals surface area contributed by atoms with Crippen molar-refractivity contribution in [1.82, 2.24) is 0 Å². The van der Waals surface area contributed by atoms with E-state index in [1.807, 2.05) is 0 Å². The predicted molar refractivity (Wildman–Crippen MR) is 40.6 cm³/mol. The van der Waals surface area contributed by atoms with Gasteiger partial charge in [-0.1, -0.05) is 0 Å². The number of hydrogen-bond acceptors (Lipinski definition) is 2. The monoisotopic (exact) mass is 273 g/mol. The molecule has 0 fully saturated rings. The standard InChI is InChI=1S/C6H7F6O3P/c7-5(8,9)1-4(2-6(10,11)12)3-15-16(13)14/h4H,1-3H2/p+1. The van der Waals surface area contributed by atoms with Crippen molar-refractivity contribution in [3.63, 3.8) is 0 Å². The van der Waals surface area contributed by atoms with Gasteiger partial charge in [0.05, 0.1) is 0 Å². The second-order valence-corrected chi connectivity index (χ2v) is 3.77. The Morgan fingerprint density at radius 2 is 1.44 bits per heavy atom. The molecular weight excluding hydrogens is 265 g/mol. The van der Waals surface area contributed by atoms with Gasteiger partial charge in [-0.2, -0.15) is 26.3 Å². The van der Waals surface area contributed by atoms with Crippen molar-refractivity contribution in [2.45, 2.75) is 25.2 Å². The van der Waals surface area contributed by atoms with Gasteiger partial charge < -0.3 is 0 Å². The van der Waals surface area contributed by atoms with E-state index >= 15 is 0 Å². The molecule has 96 valence electrons. The van der Waals surface area contributed by atoms with Gasteiger partial charge in [0.2, 0.25) is 0 Å². The largest absolute Gasteiger partial charge is 0.694 e. The highest BCUT2D eigenvalue weighted by Gasteiger charge is 2.40. The van der Waals surface area contributed by atoms with Crippen LogP contribution in [0.25, 0.3) is 0 Å². The summed E-state index contributed by atoms with van der Waals surface area (Å²) in [5.41, 5.74) is 0. The Morgan fingerprint density at radius 1 is 1.06 bits per heavy atom. The normalized spacial score (nSPS) is 14.4. The van der Waals surface area contributed by atoms with Gasteiger partial charge in [-0.05, 0) is 0 Å². The first kappa shape index (κ1) is 15.6. The van der Waals surface area contributed by atoms with E-state index < -0.39 is 46.0 Å². The highest BCUT2D eigenvalue weighted by molar-refractivity contribution is 7.32. The van der Waals surface area contributed by atoms with Gasteiger partial charge in [0.25, 0.3) is 0 Å².